The van der Waals surface area contributed by atoms with Gasteiger partial charge in [0, 0.05) is 24.5 Å². The highest BCUT2D eigenvalue weighted by Crippen LogP contribution is 2.30. The number of hydrogen-bond donors (Lipinski definition) is 1. The fourth-order valence-corrected chi connectivity index (χ4v) is 2.67. The van der Waals surface area contributed by atoms with E-state index >= 15 is 0 Å². The Bertz CT molecular complexity index is 337. The Morgan fingerprint density at radius 2 is 2.12 bits per heavy atom. The minimum atomic E-state index is 0.258. The first-order valence-electron chi connectivity index (χ1n) is 7.03. The van der Waals surface area contributed by atoms with Crippen LogP contribution in [0.2, 0.25) is 0 Å². The van der Waals surface area contributed by atoms with Crippen LogP contribution in [0.5, 0.6) is 0 Å². The molecular formula is C14H25N3. The minimum absolute atomic E-state index is 0.258. The van der Waals surface area contributed by atoms with E-state index < -0.39 is 0 Å². The van der Waals surface area contributed by atoms with Gasteiger partial charge in [0.25, 0.3) is 0 Å². The van der Waals surface area contributed by atoms with Crippen LogP contribution in [0.25, 0.3) is 0 Å². The maximum atomic E-state index is 4.46. The molecular weight excluding hydrogens is 210 g/mol. The normalized spacial score (nSPS) is 19.2. The Labute approximate surface area is 105 Å². The summed E-state index contributed by atoms with van der Waals surface area (Å²) in [5, 5.41) is 3.67. The Kier molecular flexibility index (Phi) is 4.08. The molecule has 1 fully saturated rings. The number of aromatic nitrogens is 2. The van der Waals surface area contributed by atoms with Crippen molar-refractivity contribution in [2.45, 2.75) is 70.9 Å². The van der Waals surface area contributed by atoms with Gasteiger partial charge in [-0.25, -0.2) is 4.98 Å². The van der Waals surface area contributed by atoms with Crippen molar-refractivity contribution in [2.75, 3.05) is 5.32 Å². The molecule has 1 aliphatic rings. The molecule has 0 atom stereocenters. The van der Waals surface area contributed by atoms with E-state index in [9.17, 15) is 0 Å². The molecule has 0 saturated heterocycles. The molecule has 0 bridgehead atoms. The zero-order chi connectivity index (χ0) is 12.1. The molecule has 96 valence electrons. The van der Waals surface area contributed by atoms with Crippen molar-refractivity contribution in [1.82, 2.24) is 9.55 Å². The molecule has 3 heteroatoms. The number of unbranched alkanes of at least 4 members (excludes halogenated alkanes) is 1. The highest BCUT2D eigenvalue weighted by molar-refractivity contribution is 5.30. The van der Waals surface area contributed by atoms with E-state index in [1.54, 1.807) is 0 Å². The van der Waals surface area contributed by atoms with E-state index in [1.807, 2.05) is 6.20 Å². The van der Waals surface area contributed by atoms with Crippen LogP contribution in [0.1, 0.15) is 58.8 Å². The minimum Gasteiger partial charge on any atom is -0.351 e. The van der Waals surface area contributed by atoms with Crippen molar-refractivity contribution < 1.29 is 0 Å². The molecule has 1 aliphatic carbocycles. The SMILES string of the molecule is CCCCn1ccnc1NC1(C)CCCCC1. The summed E-state index contributed by atoms with van der Waals surface area (Å²) < 4.78 is 2.25. The van der Waals surface area contributed by atoms with Crippen LogP contribution >= 0.6 is 0 Å². The van der Waals surface area contributed by atoms with E-state index in [2.05, 4.69) is 34.9 Å². The molecule has 0 unspecified atom stereocenters. The summed E-state index contributed by atoms with van der Waals surface area (Å²) in [4.78, 5) is 4.46. The monoisotopic (exact) mass is 235 g/mol. The predicted molar refractivity (Wildman–Crippen MR) is 72.2 cm³/mol. The maximum Gasteiger partial charge on any atom is 0.203 e. The zero-order valence-electron chi connectivity index (χ0n) is 11.2. The van der Waals surface area contributed by atoms with E-state index in [0.717, 1.165) is 12.5 Å². The second-order valence-corrected chi connectivity index (χ2v) is 5.54. The van der Waals surface area contributed by atoms with Crippen LogP contribution in [-0.4, -0.2) is 15.1 Å². The molecule has 1 aromatic heterocycles. The summed E-state index contributed by atoms with van der Waals surface area (Å²) in [5.41, 5.74) is 0.258. The zero-order valence-corrected chi connectivity index (χ0v) is 11.2. The number of hydrogen-bond acceptors (Lipinski definition) is 2. The van der Waals surface area contributed by atoms with Crippen LogP contribution in [0.15, 0.2) is 12.4 Å². The number of anilines is 1. The summed E-state index contributed by atoms with van der Waals surface area (Å²) in [6.07, 6.45) is 13.1. The molecule has 1 saturated carbocycles. The van der Waals surface area contributed by atoms with Crippen LogP contribution < -0.4 is 5.32 Å². The van der Waals surface area contributed by atoms with Crippen LogP contribution in [0.3, 0.4) is 0 Å². The van der Waals surface area contributed by atoms with E-state index in [-0.39, 0.29) is 5.54 Å². The second-order valence-electron chi connectivity index (χ2n) is 5.54. The van der Waals surface area contributed by atoms with Gasteiger partial charge >= 0.3 is 0 Å². The highest BCUT2D eigenvalue weighted by atomic mass is 15.2. The Hall–Kier alpha value is -0.990. The van der Waals surface area contributed by atoms with Gasteiger partial charge in [0.05, 0.1) is 0 Å². The summed E-state index contributed by atoms with van der Waals surface area (Å²) in [7, 11) is 0. The number of nitrogens with one attached hydrogen (secondary N) is 1. The molecule has 0 amide bonds. The smallest absolute Gasteiger partial charge is 0.203 e. The lowest BCUT2D eigenvalue weighted by atomic mass is 9.83. The highest BCUT2D eigenvalue weighted by Gasteiger charge is 2.27. The molecule has 2 rings (SSSR count). The maximum absolute atomic E-state index is 4.46. The Morgan fingerprint density at radius 1 is 1.35 bits per heavy atom. The van der Waals surface area contributed by atoms with Crippen molar-refractivity contribution in [3.63, 3.8) is 0 Å². The van der Waals surface area contributed by atoms with Gasteiger partial charge in [0.1, 0.15) is 0 Å². The largest absolute Gasteiger partial charge is 0.351 e. The molecule has 1 aromatic rings. The summed E-state index contributed by atoms with van der Waals surface area (Å²) in [6.45, 7) is 5.65. The Morgan fingerprint density at radius 3 is 2.82 bits per heavy atom. The van der Waals surface area contributed by atoms with Crippen LogP contribution in [-0.2, 0) is 6.54 Å². The average molecular weight is 235 g/mol. The fourth-order valence-electron chi connectivity index (χ4n) is 2.67. The predicted octanol–water partition coefficient (Wildman–Crippen LogP) is 3.82. The van der Waals surface area contributed by atoms with Gasteiger partial charge < -0.3 is 9.88 Å². The average Bonchev–Trinajstić information content (AvgIpc) is 2.74. The molecule has 17 heavy (non-hydrogen) atoms. The van der Waals surface area contributed by atoms with Gasteiger partial charge in [-0.15, -0.1) is 0 Å². The van der Waals surface area contributed by atoms with Crippen molar-refractivity contribution in [1.29, 1.82) is 0 Å². The number of aryl methyl sites for hydroxylation is 1. The third-order valence-corrected chi connectivity index (χ3v) is 3.84. The van der Waals surface area contributed by atoms with Crippen molar-refractivity contribution in [2.24, 2.45) is 0 Å². The third kappa shape index (κ3) is 3.24. The molecule has 1 heterocycles. The number of nitrogens with zero attached hydrogens (tertiary/aromatic N) is 2. The lowest BCUT2D eigenvalue weighted by molar-refractivity contribution is 0.346. The first-order valence-corrected chi connectivity index (χ1v) is 7.03. The molecule has 3 nitrogen and oxygen atoms in total. The summed E-state index contributed by atoms with van der Waals surface area (Å²) in [5.74, 6) is 1.06. The first kappa shape index (κ1) is 12.5. The quantitative estimate of drug-likeness (QED) is 0.841. The fraction of sp³-hybridized carbons (Fsp3) is 0.786. The summed E-state index contributed by atoms with van der Waals surface area (Å²) in [6, 6.07) is 0. The lowest BCUT2D eigenvalue weighted by Crippen LogP contribution is -2.37. The van der Waals surface area contributed by atoms with Gasteiger partial charge in [0.2, 0.25) is 5.95 Å². The number of imidazole rings is 1. The Balaban J connectivity index is 1.99. The van der Waals surface area contributed by atoms with E-state index in [0.29, 0.717) is 0 Å². The first-order chi connectivity index (χ1) is 8.23. The van der Waals surface area contributed by atoms with Crippen LogP contribution in [0.4, 0.5) is 5.95 Å². The topological polar surface area (TPSA) is 29.9 Å². The van der Waals surface area contributed by atoms with E-state index in [4.69, 9.17) is 0 Å². The van der Waals surface area contributed by atoms with Crippen molar-refractivity contribution >= 4 is 5.95 Å². The molecule has 0 radical (unpaired) electrons. The molecule has 0 aliphatic heterocycles. The third-order valence-electron chi connectivity index (χ3n) is 3.84. The van der Waals surface area contributed by atoms with Crippen molar-refractivity contribution in [3.05, 3.63) is 12.4 Å². The lowest BCUT2D eigenvalue weighted by Gasteiger charge is -2.35. The number of rotatable bonds is 5. The standard InChI is InChI=1S/C14H25N3/c1-3-4-11-17-12-10-15-13(17)16-14(2)8-6-5-7-9-14/h10,12H,3-9,11H2,1-2H3,(H,15,16). The van der Waals surface area contributed by atoms with Crippen molar-refractivity contribution in [3.8, 4) is 0 Å². The molecule has 0 aromatic carbocycles. The summed E-state index contributed by atoms with van der Waals surface area (Å²) >= 11 is 0. The van der Waals surface area contributed by atoms with Gasteiger partial charge in [-0.2, -0.15) is 0 Å². The van der Waals surface area contributed by atoms with Crippen LogP contribution in [0, 0.1) is 0 Å². The van der Waals surface area contributed by atoms with Gasteiger partial charge in [-0.05, 0) is 26.2 Å². The van der Waals surface area contributed by atoms with E-state index in [1.165, 1.54) is 44.9 Å². The molecule has 0 spiro atoms. The van der Waals surface area contributed by atoms with Gasteiger partial charge in [0.15, 0.2) is 0 Å². The molecule has 1 N–H and O–H groups in total. The second kappa shape index (κ2) is 5.56. The van der Waals surface area contributed by atoms with Gasteiger partial charge in [-0.3, -0.25) is 0 Å². The van der Waals surface area contributed by atoms with Gasteiger partial charge in [-0.1, -0.05) is 32.6 Å².